The average molecular weight is 320 g/mol. The molecule has 1 saturated carbocycles. The lowest BCUT2D eigenvalue weighted by Crippen LogP contribution is -2.33. The van der Waals surface area contributed by atoms with E-state index in [-0.39, 0.29) is 17.0 Å². The smallest absolute Gasteiger partial charge is 0.150 e. The third-order valence-corrected chi connectivity index (χ3v) is 5.97. The SMILES string of the molecule is CS(=O)(=O)C1CCCC(C(N)c2cc(Cl)ccc2F)C1. The molecule has 0 spiro atoms. The zero-order valence-corrected chi connectivity index (χ0v) is 12.9. The summed E-state index contributed by atoms with van der Waals surface area (Å²) in [5.74, 6) is -0.417. The number of nitrogens with two attached hydrogens (primary N) is 1. The van der Waals surface area contributed by atoms with Crippen LogP contribution in [0.15, 0.2) is 18.2 Å². The molecule has 112 valence electrons. The van der Waals surface area contributed by atoms with Gasteiger partial charge in [-0.05, 0) is 43.4 Å². The van der Waals surface area contributed by atoms with Crippen molar-refractivity contribution in [3.05, 3.63) is 34.6 Å². The van der Waals surface area contributed by atoms with Crippen molar-refractivity contribution < 1.29 is 12.8 Å². The molecule has 0 heterocycles. The Bertz CT molecular complexity index is 591. The van der Waals surface area contributed by atoms with Crippen LogP contribution in [0.2, 0.25) is 5.02 Å². The molecule has 0 bridgehead atoms. The largest absolute Gasteiger partial charge is 0.324 e. The first kappa shape index (κ1) is 15.7. The van der Waals surface area contributed by atoms with Crippen molar-refractivity contribution >= 4 is 21.4 Å². The normalized spacial score (nSPS) is 25.4. The standard InChI is InChI=1S/C14H19ClFNO2S/c1-20(18,19)11-4-2-3-9(7-11)14(17)12-8-10(15)5-6-13(12)16/h5-6,8-9,11,14H,2-4,7,17H2,1H3. The van der Waals surface area contributed by atoms with Crippen molar-refractivity contribution in [2.45, 2.75) is 37.0 Å². The van der Waals surface area contributed by atoms with Crippen molar-refractivity contribution in [1.29, 1.82) is 0 Å². The van der Waals surface area contributed by atoms with E-state index in [1.54, 1.807) is 0 Å². The van der Waals surface area contributed by atoms with E-state index in [4.69, 9.17) is 17.3 Å². The van der Waals surface area contributed by atoms with Gasteiger partial charge in [0.15, 0.2) is 0 Å². The Labute approximate surface area is 124 Å². The zero-order chi connectivity index (χ0) is 14.9. The van der Waals surface area contributed by atoms with Gasteiger partial charge >= 0.3 is 0 Å². The van der Waals surface area contributed by atoms with Crippen LogP contribution in [-0.2, 0) is 9.84 Å². The van der Waals surface area contributed by atoms with Gasteiger partial charge in [-0.3, -0.25) is 0 Å². The second-order valence-electron chi connectivity index (χ2n) is 5.57. The van der Waals surface area contributed by atoms with Crippen LogP contribution in [0.1, 0.15) is 37.3 Å². The molecule has 3 nitrogen and oxygen atoms in total. The fourth-order valence-corrected chi connectivity index (χ4v) is 4.29. The summed E-state index contributed by atoms with van der Waals surface area (Å²) in [6.45, 7) is 0. The summed E-state index contributed by atoms with van der Waals surface area (Å²) in [5, 5.41) is 0.0712. The van der Waals surface area contributed by atoms with Crippen LogP contribution in [0.3, 0.4) is 0 Å². The number of sulfone groups is 1. The Morgan fingerprint density at radius 1 is 1.40 bits per heavy atom. The number of hydrogen-bond acceptors (Lipinski definition) is 3. The van der Waals surface area contributed by atoms with E-state index >= 15 is 0 Å². The molecule has 1 aliphatic carbocycles. The molecule has 0 saturated heterocycles. The van der Waals surface area contributed by atoms with Crippen LogP contribution in [0.5, 0.6) is 0 Å². The van der Waals surface area contributed by atoms with Gasteiger partial charge in [-0.1, -0.05) is 18.0 Å². The van der Waals surface area contributed by atoms with Gasteiger partial charge in [-0.25, -0.2) is 12.8 Å². The van der Waals surface area contributed by atoms with Gasteiger partial charge in [0, 0.05) is 22.9 Å². The maximum Gasteiger partial charge on any atom is 0.150 e. The third-order valence-electron chi connectivity index (χ3n) is 4.10. The van der Waals surface area contributed by atoms with Gasteiger partial charge in [0.25, 0.3) is 0 Å². The van der Waals surface area contributed by atoms with Crippen LogP contribution in [0, 0.1) is 11.7 Å². The fraction of sp³-hybridized carbons (Fsp3) is 0.571. The van der Waals surface area contributed by atoms with E-state index in [0.29, 0.717) is 23.4 Å². The quantitative estimate of drug-likeness (QED) is 0.931. The van der Waals surface area contributed by atoms with Gasteiger partial charge < -0.3 is 5.73 Å². The van der Waals surface area contributed by atoms with Crippen LogP contribution < -0.4 is 5.73 Å². The monoisotopic (exact) mass is 319 g/mol. The summed E-state index contributed by atoms with van der Waals surface area (Å²) < 4.78 is 37.2. The highest BCUT2D eigenvalue weighted by atomic mass is 35.5. The fourth-order valence-electron chi connectivity index (χ4n) is 2.92. The van der Waals surface area contributed by atoms with Crippen molar-refractivity contribution in [3.63, 3.8) is 0 Å². The summed E-state index contributed by atoms with van der Waals surface area (Å²) in [4.78, 5) is 0. The highest BCUT2D eigenvalue weighted by Crippen LogP contribution is 2.36. The number of halogens is 2. The van der Waals surface area contributed by atoms with Gasteiger partial charge in [0.1, 0.15) is 15.7 Å². The molecule has 2 N–H and O–H groups in total. The Balaban J connectivity index is 2.20. The minimum Gasteiger partial charge on any atom is -0.324 e. The van der Waals surface area contributed by atoms with E-state index in [1.807, 2.05) is 0 Å². The molecule has 1 aliphatic rings. The molecule has 6 heteroatoms. The topological polar surface area (TPSA) is 60.2 Å². The summed E-state index contributed by atoms with van der Waals surface area (Å²) in [7, 11) is -3.07. The van der Waals surface area contributed by atoms with Crippen molar-refractivity contribution in [2.24, 2.45) is 11.7 Å². The second kappa shape index (κ2) is 6.00. The highest BCUT2D eigenvalue weighted by molar-refractivity contribution is 7.91. The lowest BCUT2D eigenvalue weighted by atomic mass is 9.81. The predicted molar refractivity (Wildman–Crippen MR) is 78.9 cm³/mol. The Kier molecular flexibility index (Phi) is 4.72. The molecule has 3 atom stereocenters. The molecule has 0 radical (unpaired) electrons. The maximum atomic E-state index is 13.8. The maximum absolute atomic E-state index is 13.8. The van der Waals surface area contributed by atoms with E-state index in [1.165, 1.54) is 24.5 Å². The summed E-state index contributed by atoms with van der Waals surface area (Å²) in [6.07, 6.45) is 4.04. The minimum atomic E-state index is -3.07. The first-order valence-corrected chi connectivity index (χ1v) is 9.01. The first-order valence-electron chi connectivity index (χ1n) is 6.68. The van der Waals surface area contributed by atoms with Gasteiger partial charge in [-0.2, -0.15) is 0 Å². The molecular weight excluding hydrogens is 301 g/mol. The summed E-state index contributed by atoms with van der Waals surface area (Å²) in [6, 6.07) is 3.80. The van der Waals surface area contributed by atoms with Crippen molar-refractivity contribution in [1.82, 2.24) is 0 Å². The number of benzene rings is 1. The Morgan fingerprint density at radius 2 is 2.10 bits per heavy atom. The molecule has 1 aromatic rings. The predicted octanol–water partition coefficient (Wildman–Crippen LogP) is 3.08. The molecule has 3 unspecified atom stereocenters. The van der Waals surface area contributed by atoms with Gasteiger partial charge in [0.05, 0.1) is 5.25 Å². The average Bonchev–Trinajstić information content (AvgIpc) is 2.40. The van der Waals surface area contributed by atoms with Gasteiger partial charge in [-0.15, -0.1) is 0 Å². The molecule has 1 fully saturated rings. The minimum absolute atomic E-state index is 0.0311. The summed E-state index contributed by atoms with van der Waals surface area (Å²) in [5.41, 5.74) is 6.52. The van der Waals surface area contributed by atoms with E-state index in [0.717, 1.165) is 12.8 Å². The van der Waals surface area contributed by atoms with E-state index in [2.05, 4.69) is 0 Å². The molecule has 0 aromatic heterocycles. The van der Waals surface area contributed by atoms with Crippen LogP contribution in [0.4, 0.5) is 4.39 Å². The van der Waals surface area contributed by atoms with Crippen molar-refractivity contribution in [2.75, 3.05) is 6.26 Å². The molecular formula is C14H19ClFNO2S. The van der Waals surface area contributed by atoms with E-state index in [9.17, 15) is 12.8 Å². The number of hydrogen-bond donors (Lipinski definition) is 1. The first-order chi connectivity index (χ1) is 9.29. The van der Waals surface area contributed by atoms with Gasteiger partial charge in [0.2, 0.25) is 0 Å². The molecule has 2 rings (SSSR count). The number of rotatable bonds is 3. The molecule has 1 aromatic carbocycles. The highest BCUT2D eigenvalue weighted by Gasteiger charge is 2.33. The Hall–Kier alpha value is -0.650. The molecule has 0 amide bonds. The Morgan fingerprint density at radius 3 is 2.75 bits per heavy atom. The second-order valence-corrected chi connectivity index (χ2v) is 8.33. The molecule has 20 heavy (non-hydrogen) atoms. The van der Waals surface area contributed by atoms with Crippen LogP contribution in [-0.4, -0.2) is 19.9 Å². The van der Waals surface area contributed by atoms with Crippen molar-refractivity contribution in [3.8, 4) is 0 Å². The zero-order valence-electron chi connectivity index (χ0n) is 11.4. The van der Waals surface area contributed by atoms with Crippen LogP contribution >= 0.6 is 11.6 Å². The molecule has 0 aliphatic heterocycles. The third kappa shape index (κ3) is 3.51. The van der Waals surface area contributed by atoms with Crippen LogP contribution in [0.25, 0.3) is 0 Å². The van der Waals surface area contributed by atoms with E-state index < -0.39 is 15.9 Å². The summed E-state index contributed by atoms with van der Waals surface area (Å²) >= 11 is 5.88. The lowest BCUT2D eigenvalue weighted by Gasteiger charge is -2.32. The lowest BCUT2D eigenvalue weighted by molar-refractivity contribution is 0.304.